The van der Waals surface area contributed by atoms with Crippen LogP contribution < -0.4 is 0 Å². The van der Waals surface area contributed by atoms with Crippen LogP contribution in [0.4, 0.5) is 8.78 Å². The molecule has 0 amide bonds. The van der Waals surface area contributed by atoms with Gasteiger partial charge in [-0.15, -0.1) is 0 Å². The van der Waals surface area contributed by atoms with Gasteiger partial charge >= 0.3 is 0 Å². The summed E-state index contributed by atoms with van der Waals surface area (Å²) < 4.78 is 25.9. The van der Waals surface area contributed by atoms with Crippen LogP contribution in [0, 0.1) is 5.92 Å². The molecule has 2 aromatic carbocycles. The van der Waals surface area contributed by atoms with Crippen molar-refractivity contribution < 1.29 is 23.5 Å². The van der Waals surface area contributed by atoms with Gasteiger partial charge in [-0.2, -0.15) is 0 Å². The minimum atomic E-state index is -3.12. The first-order valence-corrected chi connectivity index (χ1v) is 8.59. The molecule has 5 heteroatoms. The molecule has 27 heavy (non-hydrogen) atoms. The minimum absolute atomic E-state index is 0.467. The fraction of sp³-hybridized carbons (Fsp3) is 0.273. The standard InChI is InChI=1S/C22H22F2O3/c1-15(25)20(22(2,27)21(23)24)14-19(26)13-10-16-8-11-18(12-9-16)17-6-4-3-5-7-17/h3-13,20-21,27H,14H2,1-2H3/b13-10+/t20-,22?/m1/s1. The van der Waals surface area contributed by atoms with Gasteiger partial charge in [0.25, 0.3) is 6.43 Å². The van der Waals surface area contributed by atoms with Gasteiger partial charge in [0, 0.05) is 6.42 Å². The highest BCUT2D eigenvalue weighted by molar-refractivity contribution is 5.96. The van der Waals surface area contributed by atoms with Crippen LogP contribution in [-0.4, -0.2) is 28.7 Å². The maximum atomic E-state index is 13.0. The molecular formula is C22H22F2O3. The van der Waals surface area contributed by atoms with Gasteiger partial charge in [0.2, 0.25) is 0 Å². The normalized spacial score (nSPS) is 14.9. The van der Waals surface area contributed by atoms with Crippen LogP contribution >= 0.6 is 0 Å². The van der Waals surface area contributed by atoms with E-state index >= 15 is 0 Å². The molecule has 0 saturated carbocycles. The quantitative estimate of drug-likeness (QED) is 0.692. The zero-order valence-electron chi connectivity index (χ0n) is 15.2. The molecule has 1 unspecified atom stereocenters. The molecule has 0 radical (unpaired) electrons. The molecule has 0 saturated heterocycles. The summed E-state index contributed by atoms with van der Waals surface area (Å²) in [5.41, 5.74) is 0.335. The van der Waals surface area contributed by atoms with Crippen molar-refractivity contribution >= 4 is 17.6 Å². The lowest BCUT2D eigenvalue weighted by Gasteiger charge is -2.29. The van der Waals surface area contributed by atoms with Crippen LogP contribution in [0.2, 0.25) is 0 Å². The SMILES string of the molecule is CC(=O)[C@@H](CC(=O)/C=C/c1ccc(-c2ccccc2)cc1)C(C)(O)C(F)F. The number of alkyl halides is 2. The maximum Gasteiger partial charge on any atom is 0.267 e. The summed E-state index contributed by atoms with van der Waals surface area (Å²) in [6.45, 7) is 1.98. The van der Waals surface area contributed by atoms with Crippen LogP contribution in [0.15, 0.2) is 60.7 Å². The summed E-state index contributed by atoms with van der Waals surface area (Å²) >= 11 is 0. The number of hydrogen-bond donors (Lipinski definition) is 1. The van der Waals surface area contributed by atoms with Crippen molar-refractivity contribution in [2.75, 3.05) is 0 Å². The average Bonchev–Trinajstić information content (AvgIpc) is 2.65. The van der Waals surface area contributed by atoms with Crippen LogP contribution in [0.1, 0.15) is 25.8 Å². The lowest BCUT2D eigenvalue weighted by Crippen LogP contribution is -2.46. The number of carbonyl (C=O) groups is 2. The Morgan fingerprint density at radius 2 is 1.59 bits per heavy atom. The van der Waals surface area contributed by atoms with E-state index in [9.17, 15) is 23.5 Å². The van der Waals surface area contributed by atoms with Gasteiger partial charge in [0.05, 0.1) is 5.92 Å². The Morgan fingerprint density at radius 1 is 1.04 bits per heavy atom. The molecule has 1 N–H and O–H groups in total. The molecule has 0 bridgehead atoms. The summed E-state index contributed by atoms with van der Waals surface area (Å²) in [6, 6.07) is 17.3. The highest BCUT2D eigenvalue weighted by Gasteiger charge is 2.43. The molecule has 142 valence electrons. The smallest absolute Gasteiger partial charge is 0.267 e. The first kappa shape index (κ1) is 20.6. The molecule has 2 rings (SSSR count). The average molecular weight is 372 g/mol. The number of halogens is 2. The van der Waals surface area contributed by atoms with E-state index in [2.05, 4.69) is 0 Å². The number of benzene rings is 2. The third kappa shape index (κ3) is 5.41. The number of carbonyl (C=O) groups excluding carboxylic acids is 2. The molecule has 0 aromatic heterocycles. The van der Waals surface area contributed by atoms with E-state index in [1.807, 2.05) is 54.6 Å². The van der Waals surface area contributed by atoms with Crippen molar-refractivity contribution in [3.8, 4) is 11.1 Å². The predicted octanol–water partition coefficient (Wildman–Crippen LogP) is 4.55. The molecule has 2 aromatic rings. The van der Waals surface area contributed by atoms with E-state index < -0.39 is 35.9 Å². The Labute approximate surface area is 157 Å². The number of ketones is 2. The van der Waals surface area contributed by atoms with Crippen molar-refractivity contribution in [2.45, 2.75) is 32.3 Å². The highest BCUT2D eigenvalue weighted by atomic mass is 19.3. The summed E-state index contributed by atoms with van der Waals surface area (Å²) in [5.74, 6) is -2.59. The first-order valence-electron chi connectivity index (χ1n) is 8.59. The number of rotatable bonds is 8. The van der Waals surface area contributed by atoms with E-state index in [0.717, 1.165) is 30.5 Å². The topological polar surface area (TPSA) is 54.4 Å². The zero-order valence-corrected chi connectivity index (χ0v) is 15.2. The van der Waals surface area contributed by atoms with Gasteiger partial charge < -0.3 is 5.11 Å². The lowest BCUT2D eigenvalue weighted by molar-refractivity contribution is -0.151. The van der Waals surface area contributed by atoms with E-state index in [4.69, 9.17) is 0 Å². The molecule has 3 nitrogen and oxygen atoms in total. The number of allylic oxidation sites excluding steroid dienone is 1. The monoisotopic (exact) mass is 372 g/mol. The van der Waals surface area contributed by atoms with Crippen molar-refractivity contribution in [2.24, 2.45) is 5.92 Å². The lowest BCUT2D eigenvalue weighted by atomic mass is 9.82. The second-order valence-corrected chi connectivity index (χ2v) is 6.68. The van der Waals surface area contributed by atoms with E-state index in [1.165, 1.54) is 6.08 Å². The van der Waals surface area contributed by atoms with Gasteiger partial charge in [-0.05, 0) is 36.6 Å². The van der Waals surface area contributed by atoms with Crippen molar-refractivity contribution in [3.05, 3.63) is 66.2 Å². The molecule has 0 heterocycles. The predicted molar refractivity (Wildman–Crippen MR) is 101 cm³/mol. The minimum Gasteiger partial charge on any atom is -0.383 e. The van der Waals surface area contributed by atoms with Crippen molar-refractivity contribution in [1.29, 1.82) is 0 Å². The van der Waals surface area contributed by atoms with Gasteiger partial charge in [0.1, 0.15) is 11.4 Å². The first-order chi connectivity index (χ1) is 12.7. The largest absolute Gasteiger partial charge is 0.383 e. The second kappa shape index (κ2) is 8.82. The molecule has 2 atom stereocenters. The van der Waals surface area contributed by atoms with Gasteiger partial charge in [0.15, 0.2) is 5.78 Å². The van der Waals surface area contributed by atoms with Gasteiger partial charge in [-0.3, -0.25) is 9.59 Å². The Hall–Kier alpha value is -2.66. The third-order valence-electron chi connectivity index (χ3n) is 4.52. The highest BCUT2D eigenvalue weighted by Crippen LogP contribution is 2.29. The molecule has 0 aliphatic heterocycles. The number of hydrogen-bond acceptors (Lipinski definition) is 3. The van der Waals surface area contributed by atoms with E-state index in [0.29, 0.717) is 0 Å². The Morgan fingerprint density at radius 3 is 2.11 bits per heavy atom. The Kier molecular flexibility index (Phi) is 6.75. The van der Waals surface area contributed by atoms with E-state index in [-0.39, 0.29) is 0 Å². The molecule has 0 fully saturated rings. The molecule has 0 aliphatic rings. The number of aliphatic hydroxyl groups is 1. The van der Waals surface area contributed by atoms with Crippen LogP contribution in [0.5, 0.6) is 0 Å². The molecule has 0 aliphatic carbocycles. The summed E-state index contributed by atoms with van der Waals surface area (Å²) in [6.07, 6.45) is -0.778. The fourth-order valence-electron chi connectivity index (χ4n) is 2.79. The van der Waals surface area contributed by atoms with Crippen LogP contribution in [0.25, 0.3) is 17.2 Å². The molecule has 0 spiro atoms. The summed E-state index contributed by atoms with van der Waals surface area (Å²) in [5, 5.41) is 9.85. The van der Waals surface area contributed by atoms with Crippen LogP contribution in [-0.2, 0) is 9.59 Å². The molecular weight excluding hydrogens is 350 g/mol. The summed E-state index contributed by atoms with van der Waals surface area (Å²) in [4.78, 5) is 23.7. The Balaban J connectivity index is 2.06. The second-order valence-electron chi connectivity index (χ2n) is 6.68. The maximum absolute atomic E-state index is 13.0. The summed E-state index contributed by atoms with van der Waals surface area (Å²) in [7, 11) is 0. The zero-order chi connectivity index (χ0) is 20.0. The van der Waals surface area contributed by atoms with Gasteiger partial charge in [-0.1, -0.05) is 60.7 Å². The Bertz CT molecular complexity index is 809. The van der Waals surface area contributed by atoms with Crippen molar-refractivity contribution in [1.82, 2.24) is 0 Å². The van der Waals surface area contributed by atoms with Crippen LogP contribution in [0.3, 0.4) is 0 Å². The third-order valence-corrected chi connectivity index (χ3v) is 4.52. The fourth-order valence-corrected chi connectivity index (χ4v) is 2.79. The van der Waals surface area contributed by atoms with E-state index in [1.54, 1.807) is 6.08 Å². The van der Waals surface area contributed by atoms with Gasteiger partial charge in [-0.25, -0.2) is 8.78 Å². The number of Topliss-reactive ketones (excluding diaryl/α,β-unsaturated/α-hetero) is 1. The van der Waals surface area contributed by atoms with Crippen molar-refractivity contribution in [3.63, 3.8) is 0 Å².